The number of ether oxygens (including phenoxy) is 1. The molecule has 6 heterocycles. The molecule has 0 aliphatic carbocycles. The fourth-order valence-electron chi connectivity index (χ4n) is 8.80. The lowest BCUT2D eigenvalue weighted by Gasteiger charge is -2.35. The Bertz CT molecular complexity index is 3640. The van der Waals surface area contributed by atoms with Gasteiger partial charge >= 0.3 is 0 Å². The molecule has 0 spiro atoms. The second kappa shape index (κ2) is 31.6. The fourth-order valence-corrected chi connectivity index (χ4v) is 11.6. The van der Waals surface area contributed by atoms with Gasteiger partial charge in [0, 0.05) is 156 Å². The molecule has 4 aromatic carbocycles. The molecular formula is C55H54Cl12N20O. The van der Waals surface area contributed by atoms with Gasteiger partial charge in [0.25, 0.3) is 0 Å². The first-order valence-corrected chi connectivity index (χ1v) is 30.5. The van der Waals surface area contributed by atoms with Crippen molar-refractivity contribution in [3.63, 3.8) is 0 Å². The van der Waals surface area contributed by atoms with Crippen LogP contribution in [0, 0.1) is 17.4 Å². The van der Waals surface area contributed by atoms with E-state index in [0.717, 1.165) is 26.2 Å². The summed E-state index contributed by atoms with van der Waals surface area (Å²) < 4.78 is 4.76. The number of methoxy groups -OCH3 is 1. The lowest BCUT2D eigenvalue weighted by atomic mass is 10.1. The third-order valence-electron chi connectivity index (χ3n) is 13.5. The van der Waals surface area contributed by atoms with Gasteiger partial charge in [0.15, 0.2) is 11.9 Å². The molecule has 7 aromatic rings. The normalized spacial score (nSPS) is 14.4. The van der Waals surface area contributed by atoms with Gasteiger partial charge in [0.05, 0.1) is 60.1 Å². The number of likely N-dealkylation sites (N-methyl/N-ethyl adjacent to an activating group) is 1. The number of guanidine groups is 2. The Morgan fingerprint density at radius 2 is 0.761 bits per heavy atom. The maximum atomic E-state index is 7.16. The molecule has 3 aromatic heterocycles. The van der Waals surface area contributed by atoms with Crippen LogP contribution in [-0.2, 0) is 4.74 Å². The zero-order valence-electron chi connectivity index (χ0n) is 46.6. The van der Waals surface area contributed by atoms with Crippen LogP contribution in [0.3, 0.4) is 0 Å². The topological polar surface area (TPSA) is 288 Å². The molecule has 33 heteroatoms. The van der Waals surface area contributed by atoms with Crippen molar-refractivity contribution in [3.05, 3.63) is 151 Å². The van der Waals surface area contributed by atoms with Crippen molar-refractivity contribution in [1.82, 2.24) is 44.6 Å². The van der Waals surface area contributed by atoms with Crippen molar-refractivity contribution in [2.75, 3.05) is 125 Å². The molecule has 0 unspecified atom stereocenters. The number of halogens is 12. The number of benzene rings is 4. The predicted octanol–water partition coefficient (Wildman–Crippen LogP) is 13.4. The van der Waals surface area contributed by atoms with Crippen LogP contribution in [0.25, 0.3) is 43.9 Å². The van der Waals surface area contributed by atoms with Crippen molar-refractivity contribution >= 4 is 192 Å². The molecule has 0 bridgehead atoms. The average Bonchev–Trinajstić information content (AvgIpc) is 1.69. The first-order chi connectivity index (χ1) is 41.8. The number of nitrogens with zero attached hydrogens (tertiary/aromatic N) is 13. The average molecular weight is 1440 g/mol. The Labute approximate surface area is 567 Å². The van der Waals surface area contributed by atoms with Gasteiger partial charge in [-0.15, -0.1) is 0 Å². The van der Waals surface area contributed by atoms with E-state index in [1.165, 1.54) is 19.4 Å². The fraction of sp³-hybridized carbons (Fsp3) is 0.255. The van der Waals surface area contributed by atoms with Crippen LogP contribution in [0.1, 0.15) is 5.56 Å². The van der Waals surface area contributed by atoms with E-state index >= 15 is 0 Å². The van der Waals surface area contributed by atoms with Crippen LogP contribution in [0.5, 0.6) is 0 Å². The van der Waals surface area contributed by atoms with Gasteiger partial charge in [0.1, 0.15) is 17.5 Å². The van der Waals surface area contributed by atoms with Gasteiger partial charge < -0.3 is 62.8 Å². The monoisotopic (exact) mass is 1430 g/mol. The van der Waals surface area contributed by atoms with Crippen molar-refractivity contribution < 1.29 is 4.74 Å². The highest BCUT2D eigenvalue weighted by Gasteiger charge is 2.25. The molecule has 3 fully saturated rings. The highest BCUT2D eigenvalue weighted by Crippen LogP contribution is 2.42. The number of nitrogen functional groups attached to an aromatic ring is 3. The second-order valence-corrected chi connectivity index (χ2v) is 24.1. The van der Waals surface area contributed by atoms with Gasteiger partial charge in [-0.1, -0.05) is 139 Å². The summed E-state index contributed by atoms with van der Waals surface area (Å²) in [5.74, 6) is 2.71. The second-order valence-electron chi connectivity index (χ2n) is 19.3. The number of nitrogens with two attached hydrogens (primary N) is 5. The summed E-state index contributed by atoms with van der Waals surface area (Å²) in [5.41, 5.74) is 33.4. The van der Waals surface area contributed by atoms with Crippen molar-refractivity contribution in [2.24, 2.45) is 11.5 Å². The van der Waals surface area contributed by atoms with Crippen LogP contribution in [0.2, 0.25) is 60.3 Å². The van der Waals surface area contributed by atoms with Crippen molar-refractivity contribution in [1.29, 1.82) is 10.8 Å². The van der Waals surface area contributed by atoms with Gasteiger partial charge in [-0.05, 0) is 55.6 Å². The number of piperazine rings is 3. The van der Waals surface area contributed by atoms with Crippen molar-refractivity contribution in [2.45, 2.75) is 0 Å². The van der Waals surface area contributed by atoms with E-state index in [1.807, 2.05) is 9.80 Å². The molecule has 0 amide bonds. The summed E-state index contributed by atoms with van der Waals surface area (Å²) in [7, 11) is 3.55. The molecule has 3 aliphatic rings. The zero-order chi connectivity index (χ0) is 64.3. The molecular weight excluding hydrogens is 1380 g/mol. The van der Waals surface area contributed by atoms with Crippen LogP contribution in [0.15, 0.2) is 73.4 Å². The summed E-state index contributed by atoms with van der Waals surface area (Å²) in [6.07, 6.45) is 6.20. The Hall–Kier alpha value is -6.07. The van der Waals surface area contributed by atoms with Crippen LogP contribution < -0.4 is 43.4 Å². The Morgan fingerprint density at radius 1 is 0.466 bits per heavy atom. The maximum Gasteiger partial charge on any atom is 0.229 e. The molecule has 3 aliphatic heterocycles. The highest BCUT2D eigenvalue weighted by molar-refractivity contribution is 6.47. The summed E-state index contributed by atoms with van der Waals surface area (Å²) in [5, 5.41) is 18.8. The SMILES string of the molecule is CN1CCN(c2ncc(-c3cc(Cl)cc(Cl)c3Cl)c(N)n2)CC1.N=C(N)N1CCN(C(=N)N)CC1.Nc1nc(N2CCN(c3ncc(-c4cc(Cl)cc(Cl)c4Cl)c(N)n3)CC2)ncc1-c1cc(Cl)cc(Cl)c1Cl.[C-]#[N+]/C(=C/OC)c1cc(Cl)cc(Cl)c1Cl. The number of anilines is 6. The quantitative estimate of drug-likeness (QED) is 0.0245. The van der Waals surface area contributed by atoms with E-state index in [1.54, 1.807) is 70.9 Å². The predicted molar refractivity (Wildman–Crippen MR) is 365 cm³/mol. The molecule has 12 N–H and O–H groups in total. The lowest BCUT2D eigenvalue weighted by molar-refractivity contribution is 0.253. The van der Waals surface area contributed by atoms with Crippen LogP contribution in [0.4, 0.5) is 35.3 Å². The third-order valence-corrected chi connectivity index (χ3v) is 17.6. The van der Waals surface area contributed by atoms with E-state index < -0.39 is 0 Å². The molecule has 0 radical (unpaired) electrons. The highest BCUT2D eigenvalue weighted by atomic mass is 35.5. The Balaban J connectivity index is 0.000000187. The molecule has 0 atom stereocenters. The number of aromatic nitrogens is 6. The zero-order valence-corrected chi connectivity index (χ0v) is 55.6. The van der Waals surface area contributed by atoms with Crippen molar-refractivity contribution in [3.8, 4) is 33.4 Å². The van der Waals surface area contributed by atoms with Crippen LogP contribution >= 0.6 is 139 Å². The molecule has 464 valence electrons. The summed E-state index contributed by atoms with van der Waals surface area (Å²) in [4.78, 5) is 42.1. The molecule has 0 saturated carbocycles. The first kappa shape index (κ1) is 69.4. The number of rotatable bonds is 8. The number of nitrogens with one attached hydrogen (secondary N) is 2. The van der Waals surface area contributed by atoms with E-state index in [2.05, 4.69) is 51.6 Å². The van der Waals surface area contributed by atoms with Gasteiger partial charge in [-0.2, -0.15) is 15.0 Å². The summed E-state index contributed by atoms with van der Waals surface area (Å²) in [6.45, 7) is 15.8. The molecule has 88 heavy (non-hydrogen) atoms. The van der Waals surface area contributed by atoms with Gasteiger partial charge in [-0.3, -0.25) is 10.8 Å². The molecule has 3 saturated heterocycles. The van der Waals surface area contributed by atoms with E-state index in [4.69, 9.17) is 190 Å². The minimum atomic E-state index is 0.0956. The molecule has 21 nitrogen and oxygen atoms in total. The third kappa shape index (κ3) is 17.7. The van der Waals surface area contributed by atoms with E-state index in [0.29, 0.717) is 175 Å². The minimum Gasteiger partial charge on any atom is -0.515 e. The summed E-state index contributed by atoms with van der Waals surface area (Å²) in [6, 6.07) is 12.9. The standard InChI is InChI=1S/C24H18Cl6N8.C15H16Cl3N5.C10H6Cl3NO.C6H14N6/c25-11-5-13(19(29)17(27)7-11)15-9-33-23(35-21(15)31)37-1-2-38(4-3-37)24-34-10-16(22(32)36-24)14-6-12(26)8-18(28)20(14)30;1-22-2-4-23(5-3-22)15-20-8-11(14(19)21-15)10-6-9(16)7-12(17)13(10)18;1-14-9(5-15-2)7-3-6(11)4-8(12)10(7)13;7-5(8)11-1-2-12(4-3-11)6(9)10/h5-10H,1-4H2,(H2,31,33,35)(H2,32,34,36);6-8H,2-5H2,1H3,(H2,19,20,21);3-5H,2H3;1-4H2,(H3,7,8)(H3,9,10)/b;;9-5+;. The first-order valence-electron chi connectivity index (χ1n) is 26.0. The van der Waals surface area contributed by atoms with Crippen LogP contribution in [-0.4, -0.2) is 149 Å². The number of hydrogen-bond donors (Lipinski definition) is 7. The number of hydrogen-bond acceptors (Lipinski definition) is 16. The van der Waals surface area contributed by atoms with Gasteiger partial charge in [0.2, 0.25) is 23.5 Å². The Kier molecular flexibility index (Phi) is 24.9. The molecule has 10 rings (SSSR count). The Morgan fingerprint density at radius 3 is 1.05 bits per heavy atom. The largest absolute Gasteiger partial charge is 0.515 e. The lowest BCUT2D eigenvalue weighted by Crippen LogP contribution is -2.53. The smallest absolute Gasteiger partial charge is 0.229 e. The van der Waals surface area contributed by atoms with Gasteiger partial charge in [-0.25, -0.2) is 19.8 Å². The minimum absolute atomic E-state index is 0.0956. The van der Waals surface area contributed by atoms with E-state index in [9.17, 15) is 0 Å². The maximum absolute atomic E-state index is 7.16. The van der Waals surface area contributed by atoms with E-state index in [-0.39, 0.29) is 29.3 Å². The summed E-state index contributed by atoms with van der Waals surface area (Å²) >= 11 is 73.3.